The minimum absolute atomic E-state index is 0.0325. The number of hydrogen-bond acceptors (Lipinski definition) is 4. The third kappa shape index (κ3) is 2.78. The van der Waals surface area contributed by atoms with Crippen LogP contribution in [0.4, 0.5) is 0 Å². The molecule has 0 aliphatic heterocycles. The Morgan fingerprint density at radius 3 is 2.57 bits per heavy atom. The molecule has 104 valence electrons. The van der Waals surface area contributed by atoms with Crippen molar-refractivity contribution in [1.29, 1.82) is 5.41 Å². The third-order valence-electron chi connectivity index (χ3n) is 3.06. The number of amidine groups is 1. The summed E-state index contributed by atoms with van der Waals surface area (Å²) in [4.78, 5) is 12.5. The van der Waals surface area contributed by atoms with Crippen LogP contribution >= 0.6 is 11.3 Å². The maximum Gasteiger partial charge on any atom is 0.353 e. The molecule has 0 unspecified atom stereocenters. The Morgan fingerprint density at radius 2 is 1.86 bits per heavy atom. The van der Waals surface area contributed by atoms with Crippen LogP contribution in [0.1, 0.15) is 15.2 Å². The summed E-state index contributed by atoms with van der Waals surface area (Å²) in [6.45, 7) is 0. The second-order valence-corrected chi connectivity index (χ2v) is 5.45. The second-order valence-electron chi connectivity index (χ2n) is 4.50. The zero-order valence-corrected chi connectivity index (χ0v) is 11.8. The maximum absolute atomic E-state index is 11.9. The molecule has 0 atom stereocenters. The van der Waals surface area contributed by atoms with Gasteiger partial charge in [0.15, 0.2) is 0 Å². The molecule has 3 N–H and O–H groups in total. The quantitative estimate of drug-likeness (QED) is 0.336. The van der Waals surface area contributed by atoms with Crippen LogP contribution in [0.25, 0.3) is 10.8 Å². The van der Waals surface area contributed by atoms with Gasteiger partial charge in [0.1, 0.15) is 16.5 Å². The van der Waals surface area contributed by atoms with Crippen molar-refractivity contribution in [2.75, 3.05) is 0 Å². The number of ether oxygens (including phenoxy) is 1. The Kier molecular flexibility index (Phi) is 3.41. The van der Waals surface area contributed by atoms with Crippen LogP contribution in [0.15, 0.2) is 53.9 Å². The molecule has 4 nitrogen and oxygen atoms in total. The van der Waals surface area contributed by atoms with Crippen molar-refractivity contribution >= 4 is 33.9 Å². The molecule has 0 saturated heterocycles. The predicted molar refractivity (Wildman–Crippen MR) is 84.2 cm³/mol. The van der Waals surface area contributed by atoms with Crippen molar-refractivity contribution in [3.8, 4) is 5.75 Å². The summed E-state index contributed by atoms with van der Waals surface area (Å²) in [7, 11) is 0. The SMILES string of the molecule is N=C(N)c1ccc2cc(OC(=O)c3cccs3)ccc2c1. The normalized spacial score (nSPS) is 10.5. The highest BCUT2D eigenvalue weighted by atomic mass is 32.1. The number of carbonyl (C=O) groups is 1. The summed E-state index contributed by atoms with van der Waals surface area (Å²) in [5, 5.41) is 11.1. The number of fused-ring (bicyclic) bond motifs is 1. The highest BCUT2D eigenvalue weighted by molar-refractivity contribution is 7.12. The van der Waals surface area contributed by atoms with Crippen molar-refractivity contribution in [2.24, 2.45) is 5.73 Å². The predicted octanol–water partition coefficient (Wildman–Crippen LogP) is 3.40. The zero-order chi connectivity index (χ0) is 14.8. The number of esters is 1. The molecule has 2 aromatic carbocycles. The Balaban J connectivity index is 1.89. The van der Waals surface area contributed by atoms with Crippen molar-refractivity contribution < 1.29 is 9.53 Å². The lowest BCUT2D eigenvalue weighted by molar-refractivity contribution is 0.0740. The minimum Gasteiger partial charge on any atom is -0.422 e. The van der Waals surface area contributed by atoms with Gasteiger partial charge >= 0.3 is 5.97 Å². The smallest absolute Gasteiger partial charge is 0.353 e. The first-order valence-electron chi connectivity index (χ1n) is 6.27. The van der Waals surface area contributed by atoms with E-state index in [1.807, 2.05) is 29.6 Å². The van der Waals surface area contributed by atoms with Crippen LogP contribution in [0.3, 0.4) is 0 Å². The number of nitrogen functional groups attached to an aromatic ring is 1. The first-order valence-corrected chi connectivity index (χ1v) is 7.15. The number of rotatable bonds is 3. The van der Waals surface area contributed by atoms with Crippen LogP contribution < -0.4 is 10.5 Å². The van der Waals surface area contributed by atoms with Gasteiger partial charge in [-0.1, -0.05) is 24.3 Å². The van der Waals surface area contributed by atoms with Gasteiger partial charge in [-0.2, -0.15) is 0 Å². The standard InChI is InChI=1S/C16H12N2O2S/c17-15(18)12-4-3-11-9-13(6-5-10(11)8-12)20-16(19)14-2-1-7-21-14/h1-9H,(H3,17,18). The van der Waals surface area contributed by atoms with Crippen LogP contribution in [0.2, 0.25) is 0 Å². The molecule has 0 radical (unpaired) electrons. The van der Waals surface area contributed by atoms with Gasteiger partial charge in [-0.25, -0.2) is 4.79 Å². The van der Waals surface area contributed by atoms with E-state index >= 15 is 0 Å². The highest BCUT2D eigenvalue weighted by Crippen LogP contribution is 2.23. The molecule has 0 amide bonds. The molecule has 0 aliphatic rings. The number of nitrogens with two attached hydrogens (primary N) is 1. The topological polar surface area (TPSA) is 76.2 Å². The molecule has 3 rings (SSSR count). The summed E-state index contributed by atoms with van der Waals surface area (Å²) in [6.07, 6.45) is 0. The van der Waals surface area contributed by atoms with Gasteiger partial charge in [-0.3, -0.25) is 5.41 Å². The highest BCUT2D eigenvalue weighted by Gasteiger charge is 2.10. The molecule has 0 bridgehead atoms. The van der Waals surface area contributed by atoms with E-state index in [4.69, 9.17) is 15.9 Å². The molecule has 0 aliphatic carbocycles. The molecule has 3 aromatic rings. The van der Waals surface area contributed by atoms with E-state index in [0.717, 1.165) is 10.8 Å². The molecule has 1 aromatic heterocycles. The van der Waals surface area contributed by atoms with E-state index in [-0.39, 0.29) is 11.8 Å². The van der Waals surface area contributed by atoms with E-state index in [1.165, 1.54) is 11.3 Å². The van der Waals surface area contributed by atoms with E-state index in [1.54, 1.807) is 24.3 Å². The van der Waals surface area contributed by atoms with Crippen LogP contribution in [-0.2, 0) is 0 Å². The largest absolute Gasteiger partial charge is 0.422 e. The van der Waals surface area contributed by atoms with E-state index in [0.29, 0.717) is 16.2 Å². The minimum atomic E-state index is -0.357. The molecular formula is C16H12N2O2S. The molecule has 21 heavy (non-hydrogen) atoms. The fourth-order valence-corrected chi connectivity index (χ4v) is 2.61. The Labute approximate surface area is 125 Å². The van der Waals surface area contributed by atoms with Gasteiger partial charge in [0.25, 0.3) is 0 Å². The monoisotopic (exact) mass is 296 g/mol. The summed E-state index contributed by atoms with van der Waals surface area (Å²) in [5.74, 6) is 0.172. The van der Waals surface area contributed by atoms with E-state index in [9.17, 15) is 4.79 Å². The van der Waals surface area contributed by atoms with Crippen molar-refractivity contribution in [3.05, 3.63) is 64.4 Å². The van der Waals surface area contributed by atoms with Gasteiger partial charge in [-0.05, 0) is 40.4 Å². The second kappa shape index (κ2) is 5.38. The third-order valence-corrected chi connectivity index (χ3v) is 3.91. The fourth-order valence-electron chi connectivity index (χ4n) is 2.01. The van der Waals surface area contributed by atoms with Crippen LogP contribution in [0, 0.1) is 5.41 Å². The van der Waals surface area contributed by atoms with Crippen molar-refractivity contribution in [1.82, 2.24) is 0 Å². The lowest BCUT2D eigenvalue weighted by Gasteiger charge is -2.06. The molecule has 0 saturated carbocycles. The molecule has 1 heterocycles. The molecule has 0 fully saturated rings. The zero-order valence-electron chi connectivity index (χ0n) is 11.0. The van der Waals surface area contributed by atoms with Gasteiger partial charge in [-0.15, -0.1) is 11.3 Å². The first kappa shape index (κ1) is 13.3. The van der Waals surface area contributed by atoms with Gasteiger partial charge in [0, 0.05) is 5.56 Å². The Morgan fingerprint density at radius 1 is 1.10 bits per heavy atom. The average molecular weight is 296 g/mol. The Hall–Kier alpha value is -2.66. The van der Waals surface area contributed by atoms with Crippen molar-refractivity contribution in [3.63, 3.8) is 0 Å². The number of thiophene rings is 1. The lowest BCUT2D eigenvalue weighted by Crippen LogP contribution is -2.10. The number of nitrogens with one attached hydrogen (secondary N) is 1. The number of carbonyl (C=O) groups excluding carboxylic acids is 1. The molecule has 5 heteroatoms. The van der Waals surface area contributed by atoms with Crippen molar-refractivity contribution in [2.45, 2.75) is 0 Å². The lowest BCUT2D eigenvalue weighted by atomic mass is 10.1. The van der Waals surface area contributed by atoms with E-state index in [2.05, 4.69) is 0 Å². The number of hydrogen-bond donors (Lipinski definition) is 2. The number of benzene rings is 2. The van der Waals surface area contributed by atoms with E-state index < -0.39 is 0 Å². The van der Waals surface area contributed by atoms with Crippen LogP contribution in [-0.4, -0.2) is 11.8 Å². The molecular weight excluding hydrogens is 284 g/mol. The summed E-state index contributed by atoms with van der Waals surface area (Å²) >= 11 is 1.35. The van der Waals surface area contributed by atoms with Gasteiger partial charge < -0.3 is 10.5 Å². The Bertz CT molecular complexity index is 825. The maximum atomic E-state index is 11.9. The fraction of sp³-hybridized carbons (Fsp3) is 0. The summed E-state index contributed by atoms with van der Waals surface area (Å²) in [5.41, 5.74) is 6.14. The summed E-state index contributed by atoms with van der Waals surface area (Å²) < 4.78 is 5.35. The molecule has 0 spiro atoms. The van der Waals surface area contributed by atoms with Gasteiger partial charge in [0.2, 0.25) is 0 Å². The first-order chi connectivity index (χ1) is 10.1. The van der Waals surface area contributed by atoms with Gasteiger partial charge in [0.05, 0.1) is 0 Å². The van der Waals surface area contributed by atoms with Crippen LogP contribution in [0.5, 0.6) is 5.75 Å². The summed E-state index contributed by atoms with van der Waals surface area (Å²) in [6, 6.07) is 14.4. The average Bonchev–Trinajstić information content (AvgIpc) is 3.01.